The van der Waals surface area contributed by atoms with Crippen molar-refractivity contribution in [3.05, 3.63) is 24.2 Å². The monoisotopic (exact) mass is 272 g/mol. The van der Waals surface area contributed by atoms with Crippen molar-refractivity contribution in [2.75, 3.05) is 6.54 Å². The van der Waals surface area contributed by atoms with Gasteiger partial charge in [0.05, 0.1) is 0 Å². The van der Waals surface area contributed by atoms with Crippen molar-refractivity contribution < 1.29 is 0 Å². The van der Waals surface area contributed by atoms with Crippen LogP contribution < -0.4 is 5.73 Å². The Morgan fingerprint density at radius 3 is 2.85 bits per heavy atom. The van der Waals surface area contributed by atoms with E-state index in [-0.39, 0.29) is 0 Å². The van der Waals surface area contributed by atoms with Gasteiger partial charge in [0.25, 0.3) is 0 Å². The van der Waals surface area contributed by atoms with Crippen molar-refractivity contribution in [1.29, 1.82) is 0 Å². The van der Waals surface area contributed by atoms with E-state index >= 15 is 0 Å². The maximum atomic E-state index is 5.95. The minimum atomic E-state index is 0.518. The third kappa shape index (κ3) is 2.70. The summed E-state index contributed by atoms with van der Waals surface area (Å²) in [6.07, 6.45) is 6.51. The summed E-state index contributed by atoms with van der Waals surface area (Å²) in [6.45, 7) is 5.25. The van der Waals surface area contributed by atoms with Crippen LogP contribution in [-0.2, 0) is 6.42 Å². The standard InChI is InChI=1S/C16H24N4/c1-11(2)8-12(10-17)9-15-19-14-4-3-7-18-16(14)20(15)13-5-6-13/h3-4,7,11-13H,5-6,8-10,17H2,1-2H3. The Bertz CT molecular complexity index is 583. The number of aromatic nitrogens is 3. The molecule has 20 heavy (non-hydrogen) atoms. The molecule has 0 aromatic carbocycles. The van der Waals surface area contributed by atoms with E-state index in [1.165, 1.54) is 18.7 Å². The molecule has 4 nitrogen and oxygen atoms in total. The van der Waals surface area contributed by atoms with E-state index in [0.29, 0.717) is 17.9 Å². The highest BCUT2D eigenvalue weighted by Crippen LogP contribution is 2.38. The first-order valence-electron chi connectivity index (χ1n) is 7.71. The van der Waals surface area contributed by atoms with Crippen LogP contribution in [0, 0.1) is 11.8 Å². The zero-order valence-electron chi connectivity index (χ0n) is 12.4. The number of nitrogens with two attached hydrogens (primary N) is 1. The highest BCUT2D eigenvalue weighted by atomic mass is 15.2. The quantitative estimate of drug-likeness (QED) is 0.879. The first kappa shape index (κ1) is 13.6. The summed E-state index contributed by atoms with van der Waals surface area (Å²) in [7, 11) is 0. The van der Waals surface area contributed by atoms with Crippen LogP contribution in [-0.4, -0.2) is 21.1 Å². The molecule has 1 atom stereocenters. The van der Waals surface area contributed by atoms with Crippen LogP contribution in [0.3, 0.4) is 0 Å². The smallest absolute Gasteiger partial charge is 0.160 e. The van der Waals surface area contributed by atoms with E-state index in [1.807, 2.05) is 12.3 Å². The molecule has 1 unspecified atom stereocenters. The molecule has 1 aliphatic carbocycles. The van der Waals surface area contributed by atoms with Crippen LogP contribution in [0.2, 0.25) is 0 Å². The molecule has 0 aliphatic heterocycles. The number of pyridine rings is 1. The Morgan fingerprint density at radius 2 is 2.20 bits per heavy atom. The average Bonchev–Trinajstić information content (AvgIpc) is 3.19. The minimum absolute atomic E-state index is 0.518. The van der Waals surface area contributed by atoms with Gasteiger partial charge in [-0.2, -0.15) is 0 Å². The van der Waals surface area contributed by atoms with Gasteiger partial charge >= 0.3 is 0 Å². The van der Waals surface area contributed by atoms with E-state index in [0.717, 1.165) is 30.6 Å². The van der Waals surface area contributed by atoms with E-state index in [1.54, 1.807) is 0 Å². The molecular formula is C16H24N4. The molecule has 4 heteroatoms. The third-order valence-corrected chi connectivity index (χ3v) is 4.04. The Kier molecular flexibility index (Phi) is 3.74. The fourth-order valence-corrected chi connectivity index (χ4v) is 3.02. The summed E-state index contributed by atoms with van der Waals surface area (Å²) in [4.78, 5) is 9.34. The van der Waals surface area contributed by atoms with Gasteiger partial charge in [0.15, 0.2) is 5.65 Å². The number of nitrogens with zero attached hydrogens (tertiary/aromatic N) is 3. The molecule has 2 aromatic heterocycles. The molecule has 2 N–H and O–H groups in total. The predicted octanol–water partition coefficient (Wildman–Crippen LogP) is 2.93. The highest BCUT2D eigenvalue weighted by molar-refractivity contribution is 5.71. The van der Waals surface area contributed by atoms with Crippen molar-refractivity contribution in [1.82, 2.24) is 14.5 Å². The van der Waals surface area contributed by atoms with Gasteiger partial charge in [-0.25, -0.2) is 9.97 Å². The molecule has 0 bridgehead atoms. The molecule has 0 saturated heterocycles. The SMILES string of the molecule is CC(C)CC(CN)Cc1nc2cccnc2n1C1CC1. The van der Waals surface area contributed by atoms with Crippen LogP contribution in [0.25, 0.3) is 11.2 Å². The lowest BCUT2D eigenvalue weighted by Crippen LogP contribution is -2.20. The second-order valence-corrected chi connectivity index (χ2v) is 6.41. The number of hydrogen-bond donors (Lipinski definition) is 1. The van der Waals surface area contributed by atoms with Crippen molar-refractivity contribution in [2.45, 2.75) is 45.6 Å². The van der Waals surface area contributed by atoms with E-state index in [4.69, 9.17) is 10.7 Å². The zero-order chi connectivity index (χ0) is 14.1. The number of imidazole rings is 1. The van der Waals surface area contributed by atoms with Crippen LogP contribution in [0.15, 0.2) is 18.3 Å². The molecule has 2 heterocycles. The summed E-state index contributed by atoms with van der Waals surface area (Å²) >= 11 is 0. The normalized spacial score (nSPS) is 17.0. The molecule has 108 valence electrons. The first-order valence-corrected chi connectivity index (χ1v) is 7.71. The van der Waals surface area contributed by atoms with Crippen molar-refractivity contribution in [2.24, 2.45) is 17.6 Å². The minimum Gasteiger partial charge on any atom is -0.330 e. The van der Waals surface area contributed by atoms with Gasteiger partial charge in [0.1, 0.15) is 11.3 Å². The van der Waals surface area contributed by atoms with Gasteiger partial charge in [0.2, 0.25) is 0 Å². The third-order valence-electron chi connectivity index (χ3n) is 4.04. The van der Waals surface area contributed by atoms with E-state index in [9.17, 15) is 0 Å². The van der Waals surface area contributed by atoms with Crippen molar-refractivity contribution in [3.63, 3.8) is 0 Å². The molecule has 0 radical (unpaired) electrons. The van der Waals surface area contributed by atoms with Crippen LogP contribution in [0.1, 0.15) is 45.0 Å². The van der Waals surface area contributed by atoms with Gasteiger partial charge in [-0.3, -0.25) is 0 Å². The number of rotatable bonds is 6. The predicted molar refractivity (Wildman–Crippen MR) is 81.5 cm³/mol. The Labute approximate surface area is 120 Å². The van der Waals surface area contributed by atoms with Gasteiger partial charge in [-0.05, 0) is 49.8 Å². The summed E-state index contributed by atoms with van der Waals surface area (Å²) in [5.41, 5.74) is 8.02. The molecular weight excluding hydrogens is 248 g/mol. The lowest BCUT2D eigenvalue weighted by molar-refractivity contribution is 0.403. The first-order chi connectivity index (χ1) is 9.69. The number of hydrogen-bond acceptors (Lipinski definition) is 3. The average molecular weight is 272 g/mol. The molecule has 1 saturated carbocycles. The highest BCUT2D eigenvalue weighted by Gasteiger charge is 2.29. The van der Waals surface area contributed by atoms with E-state index < -0.39 is 0 Å². The van der Waals surface area contributed by atoms with Gasteiger partial charge in [-0.15, -0.1) is 0 Å². The zero-order valence-corrected chi connectivity index (χ0v) is 12.4. The Morgan fingerprint density at radius 1 is 1.40 bits per heavy atom. The molecule has 2 aromatic rings. The van der Waals surface area contributed by atoms with Crippen molar-refractivity contribution >= 4 is 11.2 Å². The van der Waals surface area contributed by atoms with Crippen LogP contribution >= 0.6 is 0 Å². The lowest BCUT2D eigenvalue weighted by atomic mass is 9.94. The Balaban J connectivity index is 1.92. The topological polar surface area (TPSA) is 56.7 Å². The summed E-state index contributed by atoms with van der Waals surface area (Å²) in [5.74, 6) is 2.38. The second kappa shape index (κ2) is 5.52. The van der Waals surface area contributed by atoms with E-state index in [2.05, 4.69) is 29.5 Å². The maximum Gasteiger partial charge on any atom is 0.160 e. The molecule has 1 fully saturated rings. The summed E-state index contributed by atoms with van der Waals surface area (Å²) in [5, 5.41) is 0. The fourth-order valence-electron chi connectivity index (χ4n) is 3.02. The largest absolute Gasteiger partial charge is 0.330 e. The van der Waals surface area contributed by atoms with Crippen LogP contribution in [0.4, 0.5) is 0 Å². The maximum absolute atomic E-state index is 5.95. The molecule has 1 aliphatic rings. The molecule has 0 spiro atoms. The lowest BCUT2D eigenvalue weighted by Gasteiger charge is -2.17. The number of fused-ring (bicyclic) bond motifs is 1. The Hall–Kier alpha value is -1.42. The fraction of sp³-hybridized carbons (Fsp3) is 0.625. The van der Waals surface area contributed by atoms with Gasteiger partial charge < -0.3 is 10.3 Å². The summed E-state index contributed by atoms with van der Waals surface area (Å²) < 4.78 is 2.36. The van der Waals surface area contributed by atoms with Gasteiger partial charge in [0, 0.05) is 18.7 Å². The molecule has 3 rings (SSSR count). The van der Waals surface area contributed by atoms with Crippen molar-refractivity contribution in [3.8, 4) is 0 Å². The molecule has 0 amide bonds. The van der Waals surface area contributed by atoms with Gasteiger partial charge in [-0.1, -0.05) is 13.8 Å². The summed E-state index contributed by atoms with van der Waals surface area (Å²) in [6, 6.07) is 4.64. The van der Waals surface area contributed by atoms with Crippen LogP contribution in [0.5, 0.6) is 0 Å². The second-order valence-electron chi connectivity index (χ2n) is 6.41.